The summed E-state index contributed by atoms with van der Waals surface area (Å²) in [6.07, 6.45) is 0. The summed E-state index contributed by atoms with van der Waals surface area (Å²) in [5, 5.41) is 12.8. The standard InChI is InChI=1S/C20H23N5O2/c1-14(19-24-18(25-27-19)15-8-4-3-5-9-15)12-22-20(26)23-17-11-7-6-10-16(17)13-21-2/h3-11,14,21H,12-13H2,1-2H3,(H2,22,23,26). The van der Waals surface area contributed by atoms with E-state index in [0.29, 0.717) is 24.8 Å². The molecule has 2 amide bonds. The maximum atomic E-state index is 12.2. The van der Waals surface area contributed by atoms with Gasteiger partial charge in [-0.2, -0.15) is 4.98 Å². The van der Waals surface area contributed by atoms with Gasteiger partial charge in [0.1, 0.15) is 0 Å². The Bertz CT molecular complexity index is 879. The van der Waals surface area contributed by atoms with Crippen LogP contribution in [0.5, 0.6) is 0 Å². The molecule has 3 aromatic rings. The number of amides is 2. The van der Waals surface area contributed by atoms with Gasteiger partial charge in [-0.3, -0.25) is 0 Å². The number of nitrogens with zero attached hydrogens (tertiary/aromatic N) is 2. The van der Waals surface area contributed by atoms with Gasteiger partial charge < -0.3 is 20.5 Å². The molecule has 7 heteroatoms. The fourth-order valence-corrected chi connectivity index (χ4v) is 2.63. The number of rotatable bonds is 7. The number of nitrogens with one attached hydrogen (secondary N) is 3. The molecular formula is C20H23N5O2. The Hall–Kier alpha value is -3.19. The summed E-state index contributed by atoms with van der Waals surface area (Å²) in [5.41, 5.74) is 2.69. The molecule has 0 aliphatic heterocycles. The van der Waals surface area contributed by atoms with Crippen LogP contribution in [-0.2, 0) is 6.54 Å². The normalized spacial score (nSPS) is 11.8. The van der Waals surface area contributed by atoms with E-state index >= 15 is 0 Å². The largest absolute Gasteiger partial charge is 0.339 e. The van der Waals surface area contributed by atoms with Crippen molar-refractivity contribution in [2.45, 2.75) is 19.4 Å². The minimum Gasteiger partial charge on any atom is -0.339 e. The van der Waals surface area contributed by atoms with Gasteiger partial charge in [-0.1, -0.05) is 60.6 Å². The molecule has 3 rings (SSSR count). The van der Waals surface area contributed by atoms with Crippen LogP contribution in [0.25, 0.3) is 11.4 Å². The summed E-state index contributed by atoms with van der Waals surface area (Å²) < 4.78 is 5.34. The lowest BCUT2D eigenvalue weighted by atomic mass is 10.1. The van der Waals surface area contributed by atoms with Crippen molar-refractivity contribution in [1.82, 2.24) is 20.8 Å². The third kappa shape index (κ3) is 4.92. The molecule has 0 saturated carbocycles. The highest BCUT2D eigenvalue weighted by atomic mass is 16.5. The molecule has 140 valence electrons. The molecule has 1 heterocycles. The van der Waals surface area contributed by atoms with E-state index in [1.165, 1.54) is 0 Å². The number of carbonyl (C=O) groups excluding carboxylic acids is 1. The van der Waals surface area contributed by atoms with Gasteiger partial charge in [0.2, 0.25) is 11.7 Å². The Morgan fingerprint density at radius 3 is 2.63 bits per heavy atom. The van der Waals surface area contributed by atoms with Crippen LogP contribution in [0.1, 0.15) is 24.3 Å². The van der Waals surface area contributed by atoms with E-state index < -0.39 is 0 Å². The predicted molar refractivity (Wildman–Crippen MR) is 104 cm³/mol. The lowest BCUT2D eigenvalue weighted by Gasteiger charge is -2.13. The molecule has 3 N–H and O–H groups in total. The van der Waals surface area contributed by atoms with E-state index in [0.717, 1.165) is 16.8 Å². The molecule has 0 aliphatic carbocycles. The Kier molecular flexibility index (Phi) is 6.17. The topological polar surface area (TPSA) is 92.1 Å². The van der Waals surface area contributed by atoms with Crippen LogP contribution in [-0.4, -0.2) is 29.8 Å². The third-order valence-corrected chi connectivity index (χ3v) is 4.10. The molecule has 0 bridgehead atoms. The molecule has 1 unspecified atom stereocenters. The van der Waals surface area contributed by atoms with Gasteiger partial charge in [0.25, 0.3) is 0 Å². The van der Waals surface area contributed by atoms with Crippen molar-refractivity contribution in [2.75, 3.05) is 18.9 Å². The highest BCUT2D eigenvalue weighted by molar-refractivity contribution is 5.90. The van der Waals surface area contributed by atoms with Crippen molar-refractivity contribution in [3.05, 3.63) is 66.1 Å². The van der Waals surface area contributed by atoms with Crippen LogP contribution < -0.4 is 16.0 Å². The molecule has 2 aromatic carbocycles. The van der Waals surface area contributed by atoms with E-state index in [9.17, 15) is 4.79 Å². The summed E-state index contributed by atoms with van der Waals surface area (Å²) in [4.78, 5) is 16.6. The summed E-state index contributed by atoms with van der Waals surface area (Å²) in [7, 11) is 1.87. The van der Waals surface area contributed by atoms with E-state index in [4.69, 9.17) is 4.52 Å². The highest BCUT2D eigenvalue weighted by Gasteiger charge is 2.16. The number of hydrogen-bond acceptors (Lipinski definition) is 5. The molecule has 1 aromatic heterocycles. The van der Waals surface area contributed by atoms with Gasteiger partial charge >= 0.3 is 6.03 Å². The van der Waals surface area contributed by atoms with Crippen LogP contribution in [0, 0.1) is 0 Å². The first kappa shape index (κ1) is 18.6. The zero-order valence-corrected chi connectivity index (χ0v) is 15.4. The quantitative estimate of drug-likeness (QED) is 0.597. The number of carbonyl (C=O) groups is 1. The van der Waals surface area contributed by atoms with Gasteiger partial charge in [0, 0.05) is 24.3 Å². The van der Waals surface area contributed by atoms with E-state index in [1.54, 1.807) is 0 Å². The van der Waals surface area contributed by atoms with Gasteiger partial charge in [-0.15, -0.1) is 0 Å². The minimum absolute atomic E-state index is 0.103. The van der Waals surface area contributed by atoms with Crippen LogP contribution in [0.2, 0.25) is 0 Å². The molecule has 0 radical (unpaired) electrons. The Morgan fingerprint density at radius 1 is 1.11 bits per heavy atom. The van der Waals surface area contributed by atoms with Crippen LogP contribution in [0.4, 0.5) is 10.5 Å². The second kappa shape index (κ2) is 8.95. The van der Waals surface area contributed by atoms with Crippen molar-refractivity contribution in [2.24, 2.45) is 0 Å². The van der Waals surface area contributed by atoms with Crippen LogP contribution in [0.3, 0.4) is 0 Å². The van der Waals surface area contributed by atoms with E-state index in [1.807, 2.05) is 68.6 Å². The Morgan fingerprint density at radius 2 is 1.85 bits per heavy atom. The second-order valence-corrected chi connectivity index (χ2v) is 6.25. The smallest absolute Gasteiger partial charge is 0.319 e. The van der Waals surface area contributed by atoms with E-state index in [-0.39, 0.29) is 11.9 Å². The lowest BCUT2D eigenvalue weighted by molar-refractivity contribution is 0.250. The first-order valence-electron chi connectivity index (χ1n) is 8.83. The summed E-state index contributed by atoms with van der Waals surface area (Å²) in [6, 6.07) is 17.0. The maximum Gasteiger partial charge on any atom is 0.319 e. The van der Waals surface area contributed by atoms with Gasteiger partial charge in [0.15, 0.2) is 0 Å². The van der Waals surface area contributed by atoms with Gasteiger partial charge in [0.05, 0.1) is 5.92 Å². The number of aromatic nitrogens is 2. The van der Waals surface area contributed by atoms with E-state index in [2.05, 4.69) is 26.1 Å². The van der Waals surface area contributed by atoms with Crippen LogP contribution in [0.15, 0.2) is 59.1 Å². The molecule has 0 spiro atoms. The molecule has 7 nitrogen and oxygen atoms in total. The second-order valence-electron chi connectivity index (χ2n) is 6.25. The minimum atomic E-state index is -0.270. The summed E-state index contributed by atoms with van der Waals surface area (Å²) >= 11 is 0. The number of para-hydroxylation sites is 1. The molecular weight excluding hydrogens is 342 g/mol. The van der Waals surface area contributed by atoms with Crippen molar-refractivity contribution >= 4 is 11.7 Å². The monoisotopic (exact) mass is 365 g/mol. The third-order valence-electron chi connectivity index (χ3n) is 4.10. The fourth-order valence-electron chi connectivity index (χ4n) is 2.63. The summed E-state index contributed by atoms with van der Waals surface area (Å²) in [5.74, 6) is 0.931. The summed E-state index contributed by atoms with van der Waals surface area (Å²) in [6.45, 7) is 2.99. The van der Waals surface area contributed by atoms with Gasteiger partial charge in [-0.25, -0.2) is 4.79 Å². The SMILES string of the molecule is CNCc1ccccc1NC(=O)NCC(C)c1nc(-c2ccccc2)no1. The Balaban J connectivity index is 1.56. The molecule has 0 aliphatic rings. The van der Waals surface area contributed by atoms with Gasteiger partial charge in [-0.05, 0) is 18.7 Å². The van der Waals surface area contributed by atoms with Crippen LogP contribution >= 0.6 is 0 Å². The number of benzene rings is 2. The van der Waals surface area contributed by atoms with Crippen molar-refractivity contribution in [3.63, 3.8) is 0 Å². The molecule has 1 atom stereocenters. The molecule has 0 fully saturated rings. The van der Waals surface area contributed by atoms with Crippen molar-refractivity contribution < 1.29 is 9.32 Å². The lowest BCUT2D eigenvalue weighted by Crippen LogP contribution is -2.32. The van der Waals surface area contributed by atoms with Crippen molar-refractivity contribution in [1.29, 1.82) is 0 Å². The number of urea groups is 1. The Labute approximate surface area is 158 Å². The first-order valence-corrected chi connectivity index (χ1v) is 8.83. The average Bonchev–Trinajstić information content (AvgIpc) is 3.19. The number of hydrogen-bond donors (Lipinski definition) is 3. The van der Waals surface area contributed by atoms with Crippen molar-refractivity contribution in [3.8, 4) is 11.4 Å². The fraction of sp³-hybridized carbons (Fsp3) is 0.250. The average molecular weight is 365 g/mol. The zero-order valence-electron chi connectivity index (χ0n) is 15.4. The maximum absolute atomic E-state index is 12.2. The zero-order chi connectivity index (χ0) is 19.1. The first-order chi connectivity index (χ1) is 13.2. The highest BCUT2D eigenvalue weighted by Crippen LogP contribution is 2.19. The molecule has 27 heavy (non-hydrogen) atoms. The molecule has 0 saturated heterocycles. The predicted octanol–water partition coefficient (Wildman–Crippen LogP) is 3.38. The number of anilines is 1.